The summed E-state index contributed by atoms with van der Waals surface area (Å²) in [7, 11) is 0. The van der Waals surface area contributed by atoms with Gasteiger partial charge in [0.2, 0.25) is 5.91 Å². The largest absolute Gasteiger partial charge is 0.394 e. The molecule has 0 spiro atoms. The Balaban J connectivity index is 1.59. The number of amides is 1. The molecular weight excluding hydrogens is 1040 g/mol. The van der Waals surface area contributed by atoms with Crippen LogP contribution in [0.25, 0.3) is 0 Å². The molecule has 2 heterocycles. The van der Waals surface area contributed by atoms with Gasteiger partial charge in [-0.2, -0.15) is 0 Å². The zero-order valence-electron chi connectivity index (χ0n) is 52.2. The molecule has 2 aliphatic heterocycles. The van der Waals surface area contributed by atoms with Crippen LogP contribution >= 0.6 is 0 Å². The molecule has 1 amide bonds. The van der Waals surface area contributed by atoms with Crippen LogP contribution < -0.4 is 5.32 Å². The normalized spacial score (nSPS) is 24.1. The Morgan fingerprint density at radius 1 is 0.427 bits per heavy atom. The van der Waals surface area contributed by atoms with Crippen molar-refractivity contribution in [2.24, 2.45) is 0 Å². The Bertz CT molecular complexity index is 1510. The van der Waals surface area contributed by atoms with Crippen molar-refractivity contribution >= 4 is 5.91 Å². The predicted octanol–water partition coefficient (Wildman–Crippen LogP) is 13.3. The lowest BCUT2D eigenvalue weighted by molar-refractivity contribution is -0.359. The van der Waals surface area contributed by atoms with Gasteiger partial charge in [0.1, 0.15) is 48.8 Å². The monoisotopic (exact) mass is 1170 g/mol. The molecule has 2 rings (SSSR count). The molecule has 0 aromatic heterocycles. The summed E-state index contributed by atoms with van der Waals surface area (Å²) in [4.78, 5) is 13.3. The van der Waals surface area contributed by atoms with E-state index in [1.807, 2.05) is 6.08 Å². The summed E-state index contributed by atoms with van der Waals surface area (Å²) < 4.78 is 22.8. The van der Waals surface area contributed by atoms with Gasteiger partial charge in [-0.05, 0) is 44.9 Å². The average Bonchev–Trinajstić information content (AvgIpc) is 3.67. The zero-order chi connectivity index (χ0) is 59.5. The van der Waals surface area contributed by atoms with Crippen LogP contribution in [0.2, 0.25) is 0 Å². The molecule has 2 saturated heterocycles. The van der Waals surface area contributed by atoms with E-state index in [-0.39, 0.29) is 18.9 Å². The summed E-state index contributed by atoms with van der Waals surface area (Å²) in [6, 6.07) is -0.935. The summed E-state index contributed by atoms with van der Waals surface area (Å²) in [6.07, 6.45) is 51.0. The Morgan fingerprint density at radius 2 is 0.780 bits per heavy atom. The molecule has 0 saturated carbocycles. The molecule has 0 aromatic rings. The van der Waals surface area contributed by atoms with Crippen LogP contribution in [-0.4, -0.2) is 140 Å². The third-order valence-electron chi connectivity index (χ3n) is 16.8. The van der Waals surface area contributed by atoms with Crippen molar-refractivity contribution in [1.82, 2.24) is 5.32 Å². The van der Waals surface area contributed by atoms with Gasteiger partial charge in [0, 0.05) is 6.42 Å². The molecule has 12 atom stereocenters. The summed E-state index contributed by atoms with van der Waals surface area (Å²) in [5, 5.41) is 87.1. The van der Waals surface area contributed by atoms with Crippen LogP contribution in [0.3, 0.4) is 0 Å². The van der Waals surface area contributed by atoms with E-state index < -0.39 is 86.8 Å². The van der Waals surface area contributed by atoms with Crippen LogP contribution in [0.15, 0.2) is 36.5 Å². The standard InChI is InChI=1S/C68H127NO13/c1-3-5-7-9-11-13-15-17-18-19-20-21-22-23-24-25-26-27-28-29-30-31-32-33-34-35-36-37-38-40-42-44-46-48-50-52-60(73)69-56(57(72)51-49-47-45-43-41-39-16-14-12-10-8-6-4-2)55-79-67-65(78)63(76)66(59(54-71)81-67)82-68-64(77)62(75)61(74)58(53-70)80-68/h12,14,41,43,49,51,56-59,61-68,70-72,74-78H,3-11,13,15-40,42,44-48,50,52-55H2,1-2H3,(H,69,73)/b14-12+,43-41+,51-49+. The highest BCUT2D eigenvalue weighted by molar-refractivity contribution is 5.76. The lowest BCUT2D eigenvalue weighted by Gasteiger charge is -2.46. The SMILES string of the molecule is CCCCC/C=C/CC/C=C/CC/C=C/C(O)C(COC1OC(CO)C(OC2OC(CO)C(O)C(O)C2O)C(O)C1O)NC(=O)CCCCCCCCCCCCCCCCCCCCCCCCCCCCCCCCCCCCC. The molecule has 14 heteroatoms. The van der Waals surface area contributed by atoms with Crippen molar-refractivity contribution in [3.63, 3.8) is 0 Å². The number of allylic oxidation sites excluding steroid dienone is 5. The fourth-order valence-corrected chi connectivity index (χ4v) is 11.3. The molecule has 2 fully saturated rings. The molecule has 0 radical (unpaired) electrons. The highest BCUT2D eigenvalue weighted by atomic mass is 16.7. The van der Waals surface area contributed by atoms with E-state index in [9.17, 15) is 45.6 Å². The van der Waals surface area contributed by atoms with Crippen molar-refractivity contribution in [2.75, 3.05) is 19.8 Å². The predicted molar refractivity (Wildman–Crippen MR) is 332 cm³/mol. The van der Waals surface area contributed by atoms with E-state index in [1.165, 1.54) is 218 Å². The van der Waals surface area contributed by atoms with Crippen molar-refractivity contribution in [3.05, 3.63) is 36.5 Å². The first kappa shape index (κ1) is 76.3. The quantitative estimate of drug-likeness (QED) is 0.0204. The minimum Gasteiger partial charge on any atom is -0.394 e. The summed E-state index contributed by atoms with van der Waals surface area (Å²) in [6.45, 7) is 2.76. The number of rotatable bonds is 56. The van der Waals surface area contributed by atoms with Crippen molar-refractivity contribution < 1.29 is 64.6 Å². The van der Waals surface area contributed by atoms with Crippen molar-refractivity contribution in [2.45, 2.75) is 370 Å². The maximum Gasteiger partial charge on any atom is 0.220 e. The molecule has 12 unspecified atom stereocenters. The fraction of sp³-hybridized carbons (Fsp3) is 0.897. The number of carbonyl (C=O) groups is 1. The van der Waals surface area contributed by atoms with Crippen LogP contribution in [0.1, 0.15) is 296 Å². The van der Waals surface area contributed by atoms with Crippen LogP contribution in [0.5, 0.6) is 0 Å². The number of carbonyl (C=O) groups excluding carboxylic acids is 1. The number of ether oxygens (including phenoxy) is 4. The first-order chi connectivity index (χ1) is 40.1. The van der Waals surface area contributed by atoms with Crippen LogP contribution in [-0.2, 0) is 23.7 Å². The molecule has 0 bridgehead atoms. The highest BCUT2D eigenvalue weighted by Gasteiger charge is 2.51. The number of nitrogens with one attached hydrogen (secondary N) is 1. The Labute approximate surface area is 500 Å². The second kappa shape index (κ2) is 53.4. The third kappa shape index (κ3) is 37.7. The van der Waals surface area contributed by atoms with Gasteiger partial charge in [-0.3, -0.25) is 4.79 Å². The number of unbranched alkanes of at least 4 members (excludes halogenated alkanes) is 39. The highest BCUT2D eigenvalue weighted by Crippen LogP contribution is 2.30. The molecular formula is C68H127NO13. The topological polar surface area (TPSA) is 228 Å². The molecule has 2 aliphatic rings. The maximum absolute atomic E-state index is 13.3. The van der Waals surface area contributed by atoms with Gasteiger partial charge < -0.3 is 65.1 Å². The van der Waals surface area contributed by atoms with E-state index in [0.717, 1.165) is 44.9 Å². The number of hydrogen-bond acceptors (Lipinski definition) is 13. The van der Waals surface area contributed by atoms with Crippen molar-refractivity contribution in [1.29, 1.82) is 0 Å². The second-order valence-electron chi connectivity index (χ2n) is 24.3. The second-order valence-corrected chi connectivity index (χ2v) is 24.3. The Hall–Kier alpha value is -1.79. The lowest BCUT2D eigenvalue weighted by atomic mass is 9.97. The van der Waals surface area contributed by atoms with Gasteiger partial charge in [-0.25, -0.2) is 0 Å². The first-order valence-corrected chi connectivity index (χ1v) is 34.2. The summed E-state index contributed by atoms with van der Waals surface area (Å²) >= 11 is 0. The molecule has 482 valence electrons. The Morgan fingerprint density at radius 3 is 1.20 bits per heavy atom. The van der Waals surface area contributed by atoms with Gasteiger partial charge in [-0.1, -0.05) is 281 Å². The van der Waals surface area contributed by atoms with E-state index in [2.05, 4.69) is 43.5 Å². The minimum atomic E-state index is -1.79. The van der Waals surface area contributed by atoms with Crippen molar-refractivity contribution in [3.8, 4) is 0 Å². The van der Waals surface area contributed by atoms with Gasteiger partial charge in [0.05, 0.1) is 32.0 Å². The van der Waals surface area contributed by atoms with Gasteiger partial charge in [-0.15, -0.1) is 0 Å². The smallest absolute Gasteiger partial charge is 0.220 e. The molecule has 82 heavy (non-hydrogen) atoms. The minimum absolute atomic E-state index is 0.249. The molecule has 0 aromatic carbocycles. The maximum atomic E-state index is 13.3. The summed E-state index contributed by atoms with van der Waals surface area (Å²) in [5.74, 6) is -0.249. The number of aliphatic hydroxyl groups is 8. The number of hydrogen-bond donors (Lipinski definition) is 9. The van der Waals surface area contributed by atoms with E-state index in [4.69, 9.17) is 18.9 Å². The number of aliphatic hydroxyl groups excluding tert-OH is 8. The van der Waals surface area contributed by atoms with Gasteiger partial charge in [0.15, 0.2) is 12.6 Å². The third-order valence-corrected chi connectivity index (χ3v) is 16.8. The van der Waals surface area contributed by atoms with Crippen LogP contribution in [0, 0.1) is 0 Å². The van der Waals surface area contributed by atoms with Gasteiger partial charge >= 0.3 is 0 Å². The molecule has 0 aliphatic carbocycles. The molecule has 14 nitrogen and oxygen atoms in total. The average molecular weight is 1170 g/mol. The molecule has 9 N–H and O–H groups in total. The van der Waals surface area contributed by atoms with E-state index in [0.29, 0.717) is 12.8 Å². The van der Waals surface area contributed by atoms with E-state index >= 15 is 0 Å². The van der Waals surface area contributed by atoms with Gasteiger partial charge in [0.25, 0.3) is 0 Å². The van der Waals surface area contributed by atoms with Crippen LogP contribution in [0.4, 0.5) is 0 Å². The summed E-state index contributed by atoms with van der Waals surface area (Å²) in [5.41, 5.74) is 0. The lowest BCUT2D eigenvalue weighted by Crippen LogP contribution is -2.65. The van der Waals surface area contributed by atoms with E-state index in [1.54, 1.807) is 6.08 Å². The zero-order valence-corrected chi connectivity index (χ0v) is 52.2. The first-order valence-electron chi connectivity index (χ1n) is 34.2. The fourth-order valence-electron chi connectivity index (χ4n) is 11.3. The Kier molecular flexibility index (Phi) is 49.7.